The Balaban J connectivity index is 2.44. The third-order valence-electron chi connectivity index (χ3n) is 2.54. The molecule has 0 amide bonds. The molecule has 0 saturated heterocycles. The summed E-state index contributed by atoms with van der Waals surface area (Å²) in [5, 5.41) is 11.4. The number of alkyl halides is 3. The van der Waals surface area contributed by atoms with Crippen molar-refractivity contribution in [1.82, 2.24) is 0 Å². The SMILES string of the molecule is N[C@H](c1cccs1)c1cc(C(F)(F)F)ccc1O. The van der Waals surface area contributed by atoms with Crippen molar-refractivity contribution in [3.8, 4) is 5.75 Å². The first-order chi connectivity index (χ1) is 8.39. The Morgan fingerprint density at radius 3 is 2.50 bits per heavy atom. The van der Waals surface area contributed by atoms with Crippen LogP contribution in [0.1, 0.15) is 22.0 Å². The van der Waals surface area contributed by atoms with Crippen LogP contribution in [0.2, 0.25) is 0 Å². The zero-order chi connectivity index (χ0) is 13.3. The van der Waals surface area contributed by atoms with Gasteiger partial charge in [-0.05, 0) is 29.6 Å². The van der Waals surface area contributed by atoms with E-state index in [2.05, 4.69) is 0 Å². The van der Waals surface area contributed by atoms with Gasteiger partial charge in [0.05, 0.1) is 11.6 Å². The van der Waals surface area contributed by atoms with Crippen LogP contribution in [0.4, 0.5) is 13.2 Å². The fourth-order valence-electron chi connectivity index (χ4n) is 1.60. The smallest absolute Gasteiger partial charge is 0.416 e. The molecule has 0 bridgehead atoms. The van der Waals surface area contributed by atoms with E-state index in [0.717, 1.165) is 18.2 Å². The molecule has 1 aromatic carbocycles. The molecule has 0 fully saturated rings. The summed E-state index contributed by atoms with van der Waals surface area (Å²) in [4.78, 5) is 0.699. The Labute approximate surface area is 105 Å². The number of rotatable bonds is 2. The van der Waals surface area contributed by atoms with Crippen molar-refractivity contribution in [1.29, 1.82) is 0 Å². The zero-order valence-corrected chi connectivity index (χ0v) is 9.92. The third kappa shape index (κ3) is 2.49. The van der Waals surface area contributed by atoms with E-state index < -0.39 is 17.8 Å². The van der Waals surface area contributed by atoms with Gasteiger partial charge >= 0.3 is 6.18 Å². The molecule has 0 saturated carbocycles. The van der Waals surface area contributed by atoms with Gasteiger partial charge in [0, 0.05) is 10.4 Å². The van der Waals surface area contributed by atoms with Crippen LogP contribution in [0.5, 0.6) is 5.75 Å². The molecular weight excluding hydrogens is 263 g/mol. The average Bonchev–Trinajstić information content (AvgIpc) is 2.80. The lowest BCUT2D eigenvalue weighted by Crippen LogP contribution is -2.13. The number of thiophene rings is 1. The molecule has 0 unspecified atom stereocenters. The van der Waals surface area contributed by atoms with E-state index in [1.54, 1.807) is 17.5 Å². The highest BCUT2D eigenvalue weighted by Crippen LogP contribution is 2.36. The van der Waals surface area contributed by atoms with Gasteiger partial charge in [-0.3, -0.25) is 0 Å². The second kappa shape index (κ2) is 4.62. The summed E-state index contributed by atoms with van der Waals surface area (Å²) in [7, 11) is 0. The summed E-state index contributed by atoms with van der Waals surface area (Å²) in [5.41, 5.74) is 5.12. The number of hydrogen-bond donors (Lipinski definition) is 2. The predicted octanol–water partition coefficient (Wildman–Crippen LogP) is 3.52. The van der Waals surface area contributed by atoms with Gasteiger partial charge in [0.15, 0.2) is 0 Å². The normalized spacial score (nSPS) is 13.6. The van der Waals surface area contributed by atoms with Gasteiger partial charge in [0.1, 0.15) is 5.75 Å². The van der Waals surface area contributed by atoms with Crippen molar-refractivity contribution >= 4 is 11.3 Å². The van der Waals surface area contributed by atoms with E-state index in [4.69, 9.17) is 5.73 Å². The third-order valence-corrected chi connectivity index (χ3v) is 3.50. The Hall–Kier alpha value is -1.53. The van der Waals surface area contributed by atoms with Gasteiger partial charge in [-0.1, -0.05) is 6.07 Å². The highest BCUT2D eigenvalue weighted by molar-refractivity contribution is 7.10. The molecule has 1 heterocycles. The number of phenolic OH excluding ortho intramolecular Hbond substituents is 1. The topological polar surface area (TPSA) is 46.2 Å². The molecule has 6 heteroatoms. The van der Waals surface area contributed by atoms with Crippen molar-refractivity contribution < 1.29 is 18.3 Å². The molecule has 0 aliphatic carbocycles. The first-order valence-corrected chi connectivity index (χ1v) is 5.96. The maximum Gasteiger partial charge on any atom is 0.416 e. The van der Waals surface area contributed by atoms with E-state index in [-0.39, 0.29) is 11.3 Å². The molecule has 0 spiro atoms. The lowest BCUT2D eigenvalue weighted by Gasteiger charge is -2.15. The molecule has 0 aliphatic rings. The van der Waals surface area contributed by atoms with Gasteiger partial charge < -0.3 is 10.8 Å². The fourth-order valence-corrected chi connectivity index (χ4v) is 2.35. The number of halogens is 3. The molecule has 2 aromatic rings. The van der Waals surface area contributed by atoms with Gasteiger partial charge in [0.2, 0.25) is 0 Å². The summed E-state index contributed by atoms with van der Waals surface area (Å²) >= 11 is 1.33. The van der Waals surface area contributed by atoms with Crippen molar-refractivity contribution in [2.24, 2.45) is 5.73 Å². The predicted molar refractivity (Wildman–Crippen MR) is 63.5 cm³/mol. The van der Waals surface area contributed by atoms with Crippen molar-refractivity contribution in [2.75, 3.05) is 0 Å². The van der Waals surface area contributed by atoms with Crippen LogP contribution in [0.3, 0.4) is 0 Å². The summed E-state index contributed by atoms with van der Waals surface area (Å²) in [6.07, 6.45) is -4.45. The Morgan fingerprint density at radius 2 is 1.94 bits per heavy atom. The van der Waals surface area contributed by atoms with E-state index >= 15 is 0 Å². The molecule has 2 rings (SSSR count). The lowest BCUT2D eigenvalue weighted by atomic mass is 10.0. The summed E-state index contributed by atoms with van der Waals surface area (Å²) in [6, 6.07) is 5.46. The lowest BCUT2D eigenvalue weighted by molar-refractivity contribution is -0.137. The van der Waals surface area contributed by atoms with Crippen LogP contribution in [-0.2, 0) is 6.18 Å². The molecule has 18 heavy (non-hydrogen) atoms. The van der Waals surface area contributed by atoms with Gasteiger partial charge in [-0.2, -0.15) is 13.2 Å². The molecule has 0 aliphatic heterocycles. The Bertz CT molecular complexity index is 537. The van der Waals surface area contributed by atoms with Crippen molar-refractivity contribution in [3.63, 3.8) is 0 Å². The average molecular weight is 273 g/mol. The minimum absolute atomic E-state index is 0.0762. The highest BCUT2D eigenvalue weighted by Gasteiger charge is 2.31. The molecule has 2 nitrogen and oxygen atoms in total. The summed E-state index contributed by atoms with van der Waals surface area (Å²) in [5.74, 6) is -0.232. The molecule has 0 radical (unpaired) electrons. The summed E-state index contributed by atoms with van der Waals surface area (Å²) < 4.78 is 37.8. The number of aromatic hydroxyl groups is 1. The largest absolute Gasteiger partial charge is 0.508 e. The van der Waals surface area contributed by atoms with Crippen molar-refractivity contribution in [3.05, 3.63) is 51.7 Å². The van der Waals surface area contributed by atoms with Crippen LogP contribution in [-0.4, -0.2) is 5.11 Å². The van der Waals surface area contributed by atoms with Crippen LogP contribution in [0, 0.1) is 0 Å². The van der Waals surface area contributed by atoms with Crippen LogP contribution >= 0.6 is 11.3 Å². The zero-order valence-electron chi connectivity index (χ0n) is 9.11. The van der Waals surface area contributed by atoms with Gasteiger partial charge in [-0.15, -0.1) is 11.3 Å². The second-order valence-corrected chi connectivity index (χ2v) is 4.74. The maximum absolute atomic E-state index is 12.6. The minimum atomic E-state index is -4.45. The second-order valence-electron chi connectivity index (χ2n) is 3.76. The number of phenols is 1. The van der Waals surface area contributed by atoms with Crippen LogP contribution < -0.4 is 5.73 Å². The monoisotopic (exact) mass is 273 g/mol. The first kappa shape index (κ1) is 12.9. The fraction of sp³-hybridized carbons (Fsp3) is 0.167. The van der Waals surface area contributed by atoms with Crippen LogP contribution in [0.15, 0.2) is 35.7 Å². The quantitative estimate of drug-likeness (QED) is 0.879. The standard InChI is InChI=1S/C12H10F3NOS/c13-12(14,15)7-3-4-9(17)8(6-7)11(16)10-2-1-5-18-10/h1-6,11,17H,16H2/t11-/m0/s1. The number of nitrogens with two attached hydrogens (primary N) is 1. The molecular formula is C12H10F3NOS. The minimum Gasteiger partial charge on any atom is -0.508 e. The molecule has 96 valence electrons. The Morgan fingerprint density at radius 1 is 1.22 bits per heavy atom. The number of benzene rings is 1. The molecule has 1 aromatic heterocycles. The van der Waals surface area contributed by atoms with Gasteiger partial charge in [-0.25, -0.2) is 0 Å². The molecule has 3 N–H and O–H groups in total. The van der Waals surface area contributed by atoms with Gasteiger partial charge in [0.25, 0.3) is 0 Å². The van der Waals surface area contributed by atoms with E-state index in [0.29, 0.717) is 4.88 Å². The van der Waals surface area contributed by atoms with Crippen molar-refractivity contribution in [2.45, 2.75) is 12.2 Å². The van der Waals surface area contributed by atoms with E-state index in [1.807, 2.05) is 0 Å². The highest BCUT2D eigenvalue weighted by atomic mass is 32.1. The molecule has 1 atom stereocenters. The summed E-state index contributed by atoms with van der Waals surface area (Å²) in [6.45, 7) is 0. The van der Waals surface area contributed by atoms with E-state index in [9.17, 15) is 18.3 Å². The Kier molecular flexibility index (Phi) is 3.32. The van der Waals surface area contributed by atoms with E-state index in [1.165, 1.54) is 11.3 Å². The number of hydrogen-bond acceptors (Lipinski definition) is 3. The van der Waals surface area contributed by atoms with Crippen LogP contribution in [0.25, 0.3) is 0 Å². The maximum atomic E-state index is 12.6. The first-order valence-electron chi connectivity index (χ1n) is 5.08.